The Morgan fingerprint density at radius 2 is 1.58 bits per heavy atom. The van der Waals surface area contributed by atoms with Crippen LogP contribution < -0.4 is 14.8 Å². The summed E-state index contributed by atoms with van der Waals surface area (Å²) in [7, 11) is -3.84. The van der Waals surface area contributed by atoms with Crippen LogP contribution in [0.3, 0.4) is 0 Å². The summed E-state index contributed by atoms with van der Waals surface area (Å²) in [6.45, 7) is 1.69. The Morgan fingerprint density at radius 1 is 0.968 bits per heavy atom. The van der Waals surface area contributed by atoms with Crippen molar-refractivity contribution in [2.75, 3.05) is 11.3 Å². The monoisotopic (exact) mass is 478 g/mol. The first-order valence-corrected chi connectivity index (χ1v) is 11.5. The molecule has 9 heteroatoms. The van der Waals surface area contributed by atoms with Gasteiger partial charge in [-0.15, -0.1) is 0 Å². The minimum absolute atomic E-state index is 0.0260. The summed E-state index contributed by atoms with van der Waals surface area (Å²) in [5.41, 5.74) is 1.24. The number of carbonyl (C=O) groups excluding carboxylic acids is 1. The number of hydrogen-bond acceptors (Lipinski definition) is 4. The standard InChI is InChI=1S/C22H20Cl2N2O4S/c1-15(16-5-3-2-4-6-16)25-22(27)14-30-20-7-9-21(10-8-20)31(28,29)26-19-12-17(23)11-18(24)13-19/h2-13,15,26H,14H2,1H3,(H,25,27)/t15-/m0/s1. The van der Waals surface area contributed by atoms with Crippen LogP contribution in [0.5, 0.6) is 5.75 Å². The summed E-state index contributed by atoms with van der Waals surface area (Å²) in [5.74, 6) is 0.0832. The van der Waals surface area contributed by atoms with E-state index in [1.54, 1.807) is 0 Å². The lowest BCUT2D eigenvalue weighted by Crippen LogP contribution is -2.31. The molecule has 2 N–H and O–H groups in total. The number of carbonyl (C=O) groups is 1. The molecule has 3 rings (SSSR count). The van der Waals surface area contributed by atoms with Gasteiger partial charge in [-0.25, -0.2) is 8.42 Å². The molecular formula is C22H20Cl2N2O4S. The molecule has 0 aromatic heterocycles. The molecule has 0 aliphatic carbocycles. The number of amides is 1. The van der Waals surface area contributed by atoms with E-state index in [0.29, 0.717) is 15.8 Å². The number of sulfonamides is 1. The van der Waals surface area contributed by atoms with E-state index in [9.17, 15) is 13.2 Å². The van der Waals surface area contributed by atoms with Crippen LogP contribution >= 0.6 is 23.2 Å². The Kier molecular flexibility index (Phi) is 7.43. The zero-order valence-electron chi connectivity index (χ0n) is 16.5. The second kappa shape index (κ2) is 10.0. The topological polar surface area (TPSA) is 84.5 Å². The first-order valence-electron chi connectivity index (χ1n) is 9.29. The first kappa shape index (κ1) is 22.9. The average Bonchev–Trinajstić information content (AvgIpc) is 2.72. The Morgan fingerprint density at radius 3 is 2.19 bits per heavy atom. The van der Waals surface area contributed by atoms with Gasteiger partial charge in [0, 0.05) is 10.0 Å². The summed E-state index contributed by atoms with van der Waals surface area (Å²) in [6.07, 6.45) is 0. The molecule has 0 unspecified atom stereocenters. The SMILES string of the molecule is C[C@H](NC(=O)COc1ccc(S(=O)(=O)Nc2cc(Cl)cc(Cl)c2)cc1)c1ccccc1. The highest BCUT2D eigenvalue weighted by molar-refractivity contribution is 7.92. The first-order chi connectivity index (χ1) is 14.7. The third kappa shape index (κ3) is 6.62. The quantitative estimate of drug-likeness (QED) is 0.474. The van der Waals surface area contributed by atoms with E-state index in [-0.39, 0.29) is 29.1 Å². The zero-order chi connectivity index (χ0) is 22.4. The number of anilines is 1. The van der Waals surface area contributed by atoms with Gasteiger partial charge in [0.1, 0.15) is 5.75 Å². The predicted octanol–water partition coefficient (Wildman–Crippen LogP) is 5.05. The van der Waals surface area contributed by atoms with Crippen LogP contribution in [-0.2, 0) is 14.8 Å². The van der Waals surface area contributed by atoms with Crippen molar-refractivity contribution >= 4 is 44.8 Å². The molecule has 0 fully saturated rings. The van der Waals surface area contributed by atoms with Crippen molar-refractivity contribution in [2.45, 2.75) is 17.9 Å². The van der Waals surface area contributed by atoms with Gasteiger partial charge in [-0.05, 0) is 55.0 Å². The maximum absolute atomic E-state index is 12.6. The number of rotatable bonds is 8. The van der Waals surface area contributed by atoms with E-state index in [2.05, 4.69) is 10.0 Å². The maximum Gasteiger partial charge on any atom is 0.261 e. The van der Waals surface area contributed by atoms with Gasteiger partial charge in [0.15, 0.2) is 6.61 Å². The largest absolute Gasteiger partial charge is 0.484 e. The normalized spacial score (nSPS) is 12.1. The number of hydrogen-bond donors (Lipinski definition) is 2. The molecule has 1 amide bonds. The fraction of sp³-hybridized carbons (Fsp3) is 0.136. The molecule has 0 aliphatic heterocycles. The molecule has 0 bridgehead atoms. The molecular weight excluding hydrogens is 459 g/mol. The molecule has 0 saturated carbocycles. The number of benzene rings is 3. The molecule has 0 spiro atoms. The Hall–Kier alpha value is -2.74. The zero-order valence-corrected chi connectivity index (χ0v) is 18.8. The van der Waals surface area contributed by atoms with Crippen molar-refractivity contribution in [1.82, 2.24) is 5.32 Å². The maximum atomic E-state index is 12.6. The van der Waals surface area contributed by atoms with Crippen molar-refractivity contribution in [3.05, 3.63) is 88.4 Å². The molecule has 162 valence electrons. The summed E-state index contributed by atoms with van der Waals surface area (Å²) in [4.78, 5) is 12.1. The van der Waals surface area contributed by atoms with Crippen LogP contribution in [0, 0.1) is 0 Å². The molecule has 0 aliphatic rings. The van der Waals surface area contributed by atoms with Gasteiger partial charge in [0.25, 0.3) is 15.9 Å². The molecule has 3 aromatic rings. The van der Waals surface area contributed by atoms with Crippen LogP contribution in [0.2, 0.25) is 10.0 Å². The Labute approximate surface area is 191 Å². The van der Waals surface area contributed by atoms with E-state index in [0.717, 1.165) is 5.56 Å². The van der Waals surface area contributed by atoms with Gasteiger partial charge >= 0.3 is 0 Å². The Bertz CT molecular complexity index is 1130. The van der Waals surface area contributed by atoms with Gasteiger partial charge in [-0.1, -0.05) is 53.5 Å². The molecule has 0 radical (unpaired) electrons. The highest BCUT2D eigenvalue weighted by Crippen LogP contribution is 2.25. The van der Waals surface area contributed by atoms with E-state index < -0.39 is 10.0 Å². The van der Waals surface area contributed by atoms with Gasteiger partial charge in [-0.2, -0.15) is 0 Å². The summed E-state index contributed by atoms with van der Waals surface area (Å²) >= 11 is 11.8. The highest BCUT2D eigenvalue weighted by atomic mass is 35.5. The number of ether oxygens (including phenoxy) is 1. The fourth-order valence-corrected chi connectivity index (χ4v) is 4.37. The summed E-state index contributed by atoms with van der Waals surface area (Å²) < 4.78 is 33.0. The number of nitrogens with one attached hydrogen (secondary N) is 2. The molecule has 6 nitrogen and oxygen atoms in total. The molecule has 31 heavy (non-hydrogen) atoms. The van der Waals surface area contributed by atoms with Crippen LogP contribution in [0.4, 0.5) is 5.69 Å². The van der Waals surface area contributed by atoms with Gasteiger partial charge < -0.3 is 10.1 Å². The van der Waals surface area contributed by atoms with Crippen molar-refractivity contribution in [3.8, 4) is 5.75 Å². The average molecular weight is 479 g/mol. The lowest BCUT2D eigenvalue weighted by Gasteiger charge is -2.15. The van der Waals surface area contributed by atoms with E-state index in [1.807, 2.05) is 37.3 Å². The summed E-state index contributed by atoms with van der Waals surface area (Å²) in [6, 6.07) is 19.6. The molecule has 0 saturated heterocycles. The third-order valence-corrected chi connectivity index (χ3v) is 6.13. The number of halogens is 2. The van der Waals surface area contributed by atoms with Gasteiger partial charge in [-0.3, -0.25) is 9.52 Å². The summed E-state index contributed by atoms with van der Waals surface area (Å²) in [5, 5.41) is 3.47. The van der Waals surface area contributed by atoms with Crippen LogP contribution in [0.1, 0.15) is 18.5 Å². The lowest BCUT2D eigenvalue weighted by molar-refractivity contribution is -0.123. The fourth-order valence-electron chi connectivity index (χ4n) is 2.80. The van der Waals surface area contributed by atoms with Gasteiger partial charge in [0.05, 0.1) is 16.6 Å². The van der Waals surface area contributed by atoms with Crippen molar-refractivity contribution < 1.29 is 17.9 Å². The van der Waals surface area contributed by atoms with Gasteiger partial charge in [0.2, 0.25) is 0 Å². The van der Waals surface area contributed by atoms with E-state index in [4.69, 9.17) is 27.9 Å². The Balaban J connectivity index is 1.57. The second-order valence-corrected chi connectivity index (χ2v) is 9.28. The van der Waals surface area contributed by atoms with Crippen LogP contribution in [-0.4, -0.2) is 20.9 Å². The van der Waals surface area contributed by atoms with E-state index in [1.165, 1.54) is 42.5 Å². The van der Waals surface area contributed by atoms with E-state index >= 15 is 0 Å². The van der Waals surface area contributed by atoms with Crippen molar-refractivity contribution in [2.24, 2.45) is 0 Å². The second-order valence-electron chi connectivity index (χ2n) is 6.72. The minimum atomic E-state index is -3.84. The highest BCUT2D eigenvalue weighted by Gasteiger charge is 2.15. The third-order valence-electron chi connectivity index (χ3n) is 4.30. The smallest absolute Gasteiger partial charge is 0.261 e. The van der Waals surface area contributed by atoms with Crippen LogP contribution in [0.25, 0.3) is 0 Å². The lowest BCUT2D eigenvalue weighted by atomic mass is 10.1. The van der Waals surface area contributed by atoms with Crippen molar-refractivity contribution in [3.63, 3.8) is 0 Å². The van der Waals surface area contributed by atoms with Crippen molar-refractivity contribution in [1.29, 1.82) is 0 Å². The molecule has 0 heterocycles. The van der Waals surface area contributed by atoms with Crippen LogP contribution in [0.15, 0.2) is 77.7 Å². The minimum Gasteiger partial charge on any atom is -0.484 e. The molecule has 3 aromatic carbocycles. The predicted molar refractivity (Wildman–Crippen MR) is 122 cm³/mol. The molecule has 1 atom stereocenters.